The second-order valence-electron chi connectivity index (χ2n) is 6.64. The third-order valence-corrected chi connectivity index (χ3v) is 4.56. The molecule has 7 heteroatoms. The van der Waals surface area contributed by atoms with E-state index in [2.05, 4.69) is 32.5 Å². The maximum Gasteiger partial charge on any atom is 0.273 e. The van der Waals surface area contributed by atoms with Crippen LogP contribution in [0.25, 0.3) is 5.69 Å². The predicted octanol–water partition coefficient (Wildman–Crippen LogP) is 0.943. The molecule has 1 saturated heterocycles. The molecule has 0 bridgehead atoms. The van der Waals surface area contributed by atoms with Crippen molar-refractivity contribution in [3.63, 3.8) is 0 Å². The Morgan fingerprint density at radius 3 is 2.60 bits per heavy atom. The van der Waals surface area contributed by atoms with Gasteiger partial charge in [0, 0.05) is 32.7 Å². The molecule has 1 fully saturated rings. The average Bonchev–Trinajstić information content (AvgIpc) is 3.11. The molecule has 1 aromatic carbocycles. The van der Waals surface area contributed by atoms with Crippen molar-refractivity contribution in [3.05, 3.63) is 41.7 Å². The Morgan fingerprint density at radius 1 is 1.16 bits per heavy atom. The molecule has 1 N–H and O–H groups in total. The zero-order valence-electron chi connectivity index (χ0n) is 15.0. The molecule has 1 aliphatic heterocycles. The van der Waals surface area contributed by atoms with Crippen LogP contribution in [-0.4, -0.2) is 77.0 Å². The molecule has 0 unspecified atom stereocenters. The van der Waals surface area contributed by atoms with Crippen LogP contribution in [0.2, 0.25) is 0 Å². The van der Waals surface area contributed by atoms with E-state index in [1.807, 2.05) is 31.2 Å². The van der Waals surface area contributed by atoms with E-state index in [9.17, 15) is 4.79 Å². The van der Waals surface area contributed by atoms with Crippen LogP contribution in [0.15, 0.2) is 30.5 Å². The molecular weight excluding hydrogens is 316 g/mol. The minimum absolute atomic E-state index is 0.170. The van der Waals surface area contributed by atoms with Crippen LogP contribution in [0.4, 0.5) is 0 Å². The maximum atomic E-state index is 12.2. The quantitative estimate of drug-likeness (QED) is 0.792. The largest absolute Gasteiger partial charge is 0.351 e. The highest BCUT2D eigenvalue weighted by molar-refractivity contribution is 5.91. The number of benzene rings is 1. The van der Waals surface area contributed by atoms with Crippen molar-refractivity contribution in [1.29, 1.82) is 0 Å². The lowest BCUT2D eigenvalue weighted by Gasteiger charge is -2.32. The number of likely N-dealkylation sites (N-methyl/N-ethyl adjacent to an activating group) is 1. The molecule has 7 nitrogen and oxygen atoms in total. The summed E-state index contributed by atoms with van der Waals surface area (Å²) in [5.41, 5.74) is 2.43. The normalized spacial score (nSPS) is 16.1. The van der Waals surface area contributed by atoms with Crippen molar-refractivity contribution in [2.45, 2.75) is 13.3 Å². The van der Waals surface area contributed by atoms with E-state index in [0.29, 0.717) is 12.2 Å². The third kappa shape index (κ3) is 4.87. The van der Waals surface area contributed by atoms with Gasteiger partial charge in [-0.15, -0.1) is 5.10 Å². The molecule has 2 aromatic rings. The highest BCUT2D eigenvalue weighted by Crippen LogP contribution is 2.08. The SMILES string of the molecule is Cc1ccc(-n2cc(C(=O)NCCCN3CCN(C)CC3)nn2)cc1. The van der Waals surface area contributed by atoms with Crippen LogP contribution < -0.4 is 5.32 Å². The molecule has 3 rings (SSSR count). The van der Waals surface area contributed by atoms with Crippen LogP contribution >= 0.6 is 0 Å². The summed E-state index contributed by atoms with van der Waals surface area (Å²) in [4.78, 5) is 17.0. The number of piperazine rings is 1. The number of nitrogens with zero attached hydrogens (tertiary/aromatic N) is 5. The van der Waals surface area contributed by atoms with Crippen molar-refractivity contribution in [2.75, 3.05) is 46.3 Å². The Morgan fingerprint density at radius 2 is 1.88 bits per heavy atom. The zero-order chi connectivity index (χ0) is 17.6. The van der Waals surface area contributed by atoms with Crippen molar-refractivity contribution in [2.24, 2.45) is 0 Å². The van der Waals surface area contributed by atoms with Gasteiger partial charge in [0.15, 0.2) is 5.69 Å². The Labute approximate surface area is 148 Å². The summed E-state index contributed by atoms with van der Waals surface area (Å²) in [5.74, 6) is -0.170. The zero-order valence-corrected chi connectivity index (χ0v) is 15.0. The van der Waals surface area contributed by atoms with Gasteiger partial charge in [-0.25, -0.2) is 4.68 Å². The summed E-state index contributed by atoms with van der Waals surface area (Å²) in [5, 5.41) is 10.9. The molecule has 1 aliphatic rings. The van der Waals surface area contributed by atoms with E-state index in [4.69, 9.17) is 0 Å². The number of carbonyl (C=O) groups is 1. The van der Waals surface area contributed by atoms with Gasteiger partial charge < -0.3 is 15.1 Å². The molecule has 0 spiro atoms. The summed E-state index contributed by atoms with van der Waals surface area (Å²) in [7, 11) is 2.15. The van der Waals surface area contributed by atoms with Crippen LogP contribution in [0.3, 0.4) is 0 Å². The number of nitrogens with one attached hydrogen (secondary N) is 1. The van der Waals surface area contributed by atoms with Gasteiger partial charge >= 0.3 is 0 Å². The van der Waals surface area contributed by atoms with Gasteiger partial charge in [0.05, 0.1) is 11.9 Å². The second kappa shape index (κ2) is 8.22. The van der Waals surface area contributed by atoms with Gasteiger partial charge in [0.25, 0.3) is 5.91 Å². The number of hydrogen-bond donors (Lipinski definition) is 1. The minimum atomic E-state index is -0.170. The number of carbonyl (C=O) groups excluding carboxylic acids is 1. The fourth-order valence-corrected chi connectivity index (χ4v) is 2.86. The lowest BCUT2D eigenvalue weighted by atomic mass is 10.2. The fourth-order valence-electron chi connectivity index (χ4n) is 2.86. The molecule has 2 heterocycles. The van der Waals surface area contributed by atoms with Crippen LogP contribution in [0.1, 0.15) is 22.5 Å². The molecule has 0 atom stereocenters. The van der Waals surface area contributed by atoms with E-state index in [1.54, 1.807) is 10.9 Å². The lowest BCUT2D eigenvalue weighted by molar-refractivity contribution is 0.0944. The number of aromatic nitrogens is 3. The Balaban J connectivity index is 1.43. The Bertz CT molecular complexity index is 688. The van der Waals surface area contributed by atoms with Gasteiger partial charge in [0.2, 0.25) is 0 Å². The molecule has 0 radical (unpaired) electrons. The molecule has 134 valence electrons. The van der Waals surface area contributed by atoms with E-state index >= 15 is 0 Å². The van der Waals surface area contributed by atoms with E-state index in [1.165, 1.54) is 5.56 Å². The van der Waals surface area contributed by atoms with E-state index < -0.39 is 0 Å². The molecule has 0 saturated carbocycles. The topological polar surface area (TPSA) is 66.3 Å². The van der Waals surface area contributed by atoms with Crippen molar-refractivity contribution in [1.82, 2.24) is 30.1 Å². The third-order valence-electron chi connectivity index (χ3n) is 4.56. The first kappa shape index (κ1) is 17.6. The van der Waals surface area contributed by atoms with Crippen LogP contribution in [0.5, 0.6) is 0 Å². The molecule has 1 aromatic heterocycles. The molecule has 25 heavy (non-hydrogen) atoms. The minimum Gasteiger partial charge on any atom is -0.351 e. The number of aryl methyl sites for hydroxylation is 1. The van der Waals surface area contributed by atoms with Crippen molar-refractivity contribution in [3.8, 4) is 5.69 Å². The van der Waals surface area contributed by atoms with Crippen molar-refractivity contribution < 1.29 is 4.79 Å². The first-order chi connectivity index (χ1) is 12.1. The summed E-state index contributed by atoms with van der Waals surface area (Å²) in [6.45, 7) is 8.16. The first-order valence-corrected chi connectivity index (χ1v) is 8.80. The maximum absolute atomic E-state index is 12.2. The first-order valence-electron chi connectivity index (χ1n) is 8.80. The second-order valence-corrected chi connectivity index (χ2v) is 6.64. The summed E-state index contributed by atoms with van der Waals surface area (Å²) in [6, 6.07) is 7.94. The number of hydrogen-bond acceptors (Lipinski definition) is 5. The van der Waals surface area contributed by atoms with Crippen molar-refractivity contribution >= 4 is 5.91 Å². The van der Waals surface area contributed by atoms with E-state index in [-0.39, 0.29) is 5.91 Å². The summed E-state index contributed by atoms with van der Waals surface area (Å²) in [6.07, 6.45) is 2.61. The fraction of sp³-hybridized carbons (Fsp3) is 0.500. The summed E-state index contributed by atoms with van der Waals surface area (Å²) >= 11 is 0. The van der Waals surface area contributed by atoms with Crippen LogP contribution in [-0.2, 0) is 0 Å². The average molecular weight is 342 g/mol. The number of rotatable bonds is 6. The highest BCUT2D eigenvalue weighted by atomic mass is 16.2. The Hall–Kier alpha value is -2.25. The Kier molecular flexibility index (Phi) is 5.78. The van der Waals surface area contributed by atoms with Gasteiger partial charge in [-0.2, -0.15) is 0 Å². The smallest absolute Gasteiger partial charge is 0.273 e. The van der Waals surface area contributed by atoms with Gasteiger partial charge in [-0.3, -0.25) is 4.79 Å². The molecular formula is C18H26N6O. The van der Waals surface area contributed by atoms with E-state index in [0.717, 1.165) is 44.8 Å². The predicted molar refractivity (Wildman–Crippen MR) is 97.0 cm³/mol. The van der Waals surface area contributed by atoms with Gasteiger partial charge in [-0.05, 0) is 39.1 Å². The monoisotopic (exact) mass is 342 g/mol. The molecule has 1 amide bonds. The molecule has 0 aliphatic carbocycles. The van der Waals surface area contributed by atoms with Gasteiger partial charge in [0.1, 0.15) is 0 Å². The summed E-state index contributed by atoms with van der Waals surface area (Å²) < 4.78 is 1.62. The standard InChI is InChI=1S/C18H26N6O/c1-15-4-6-16(7-5-15)24-14-17(20-21-24)18(25)19-8-3-9-23-12-10-22(2)11-13-23/h4-7,14H,3,8-13H2,1-2H3,(H,19,25). The van der Waals surface area contributed by atoms with Gasteiger partial charge in [-0.1, -0.05) is 22.9 Å². The lowest BCUT2D eigenvalue weighted by Crippen LogP contribution is -2.45. The highest BCUT2D eigenvalue weighted by Gasteiger charge is 2.14. The number of amides is 1. The van der Waals surface area contributed by atoms with Crippen LogP contribution in [0, 0.1) is 6.92 Å².